The highest BCUT2D eigenvalue weighted by Crippen LogP contribution is 2.37. The van der Waals surface area contributed by atoms with Gasteiger partial charge < -0.3 is 14.4 Å². The van der Waals surface area contributed by atoms with Gasteiger partial charge in [0.15, 0.2) is 0 Å². The van der Waals surface area contributed by atoms with Crippen molar-refractivity contribution in [1.82, 2.24) is 14.9 Å². The molecular weight excluding hydrogens is 330 g/mol. The first-order valence-electron chi connectivity index (χ1n) is 9.13. The number of amides is 1. The average molecular weight is 353 g/mol. The summed E-state index contributed by atoms with van der Waals surface area (Å²) in [6.45, 7) is 2.44. The number of nitrogens with zero attached hydrogens (tertiary/aromatic N) is 3. The van der Waals surface area contributed by atoms with Gasteiger partial charge in [-0.25, -0.2) is 9.97 Å². The number of carbonyl (C=O) groups excluding carboxylic acids is 1. The van der Waals surface area contributed by atoms with E-state index in [2.05, 4.69) is 22.1 Å². The predicted octanol–water partition coefficient (Wildman–Crippen LogP) is 2.46. The van der Waals surface area contributed by atoms with Crippen LogP contribution in [0.3, 0.4) is 0 Å². The number of hydrogen-bond donors (Lipinski definition) is 0. The maximum atomic E-state index is 12.7. The van der Waals surface area contributed by atoms with Crippen molar-refractivity contribution in [2.75, 3.05) is 19.7 Å². The van der Waals surface area contributed by atoms with Crippen molar-refractivity contribution < 1.29 is 14.3 Å². The summed E-state index contributed by atoms with van der Waals surface area (Å²) in [5.74, 6) is 0.103. The third-order valence-corrected chi connectivity index (χ3v) is 5.18. The van der Waals surface area contributed by atoms with Gasteiger partial charge in [0.1, 0.15) is 5.60 Å². The predicted molar refractivity (Wildman–Crippen MR) is 95.5 cm³/mol. The summed E-state index contributed by atoms with van der Waals surface area (Å²) in [6.07, 6.45) is 5.84. The maximum Gasteiger partial charge on any atom is 0.291 e. The molecule has 2 aromatic rings. The Balaban J connectivity index is 1.46. The number of likely N-dealkylation sites (tertiary alicyclic amines) is 1. The standard InChI is InChI=1S/C20H23N3O3/c24-19(18-21-10-5-11-22-18)23-12-8-17(20(15-23)9-4-13-26-20)25-14-16-6-2-1-3-7-16/h1-3,5-7,10-11,17H,4,8-9,12-15H2/t17-,20-/m0/s1. The average Bonchev–Trinajstić information content (AvgIpc) is 3.16. The Labute approximate surface area is 153 Å². The van der Waals surface area contributed by atoms with Crippen molar-refractivity contribution in [3.05, 3.63) is 60.2 Å². The molecule has 2 aliphatic heterocycles. The number of piperidine rings is 1. The van der Waals surface area contributed by atoms with Gasteiger partial charge in [-0.2, -0.15) is 0 Å². The van der Waals surface area contributed by atoms with E-state index in [1.165, 1.54) is 0 Å². The summed E-state index contributed by atoms with van der Waals surface area (Å²) in [4.78, 5) is 22.7. The fourth-order valence-corrected chi connectivity index (χ4v) is 3.87. The largest absolute Gasteiger partial charge is 0.370 e. The van der Waals surface area contributed by atoms with Crippen LogP contribution in [0.15, 0.2) is 48.8 Å². The molecule has 0 radical (unpaired) electrons. The first kappa shape index (κ1) is 17.1. The van der Waals surface area contributed by atoms with E-state index in [0.29, 0.717) is 19.7 Å². The topological polar surface area (TPSA) is 64.6 Å². The molecule has 3 heterocycles. The number of ether oxygens (including phenoxy) is 2. The fourth-order valence-electron chi connectivity index (χ4n) is 3.87. The molecular formula is C20H23N3O3. The van der Waals surface area contributed by atoms with Crippen LogP contribution in [0.5, 0.6) is 0 Å². The van der Waals surface area contributed by atoms with Gasteiger partial charge >= 0.3 is 0 Å². The number of hydrogen-bond acceptors (Lipinski definition) is 5. The molecule has 0 N–H and O–H groups in total. The second-order valence-electron chi connectivity index (χ2n) is 6.89. The second-order valence-corrected chi connectivity index (χ2v) is 6.89. The van der Waals surface area contributed by atoms with Crippen molar-refractivity contribution >= 4 is 5.91 Å². The van der Waals surface area contributed by atoms with E-state index in [-0.39, 0.29) is 17.8 Å². The molecule has 1 aromatic carbocycles. The molecule has 0 aliphatic carbocycles. The van der Waals surface area contributed by atoms with Gasteiger partial charge in [-0.05, 0) is 30.9 Å². The summed E-state index contributed by atoms with van der Waals surface area (Å²) in [5, 5.41) is 0. The minimum absolute atomic E-state index is 0.00838. The van der Waals surface area contributed by atoms with Crippen molar-refractivity contribution in [3.63, 3.8) is 0 Å². The molecule has 0 unspecified atom stereocenters. The van der Waals surface area contributed by atoms with Gasteiger partial charge in [-0.15, -0.1) is 0 Å². The number of rotatable bonds is 4. The van der Waals surface area contributed by atoms with Crippen LogP contribution in [-0.4, -0.2) is 52.2 Å². The Hall–Kier alpha value is -2.31. The SMILES string of the molecule is O=C(c1ncccn1)N1CC[C@H](OCc2ccccc2)[C@]2(CCCO2)C1. The molecule has 0 bridgehead atoms. The highest BCUT2D eigenvalue weighted by atomic mass is 16.6. The summed E-state index contributed by atoms with van der Waals surface area (Å²) < 4.78 is 12.4. The third-order valence-electron chi connectivity index (χ3n) is 5.18. The van der Waals surface area contributed by atoms with Crippen molar-refractivity contribution in [2.45, 2.75) is 37.6 Å². The lowest BCUT2D eigenvalue weighted by molar-refractivity contribution is -0.153. The van der Waals surface area contributed by atoms with Crippen molar-refractivity contribution in [2.24, 2.45) is 0 Å². The summed E-state index contributed by atoms with van der Waals surface area (Å²) in [5.41, 5.74) is 0.731. The van der Waals surface area contributed by atoms with E-state index >= 15 is 0 Å². The van der Waals surface area contributed by atoms with Crippen LogP contribution in [0.2, 0.25) is 0 Å². The molecule has 0 saturated carbocycles. The van der Waals surface area contributed by atoms with Crippen LogP contribution >= 0.6 is 0 Å². The van der Waals surface area contributed by atoms with E-state index < -0.39 is 5.60 Å². The van der Waals surface area contributed by atoms with Crippen LogP contribution in [0.4, 0.5) is 0 Å². The molecule has 2 saturated heterocycles. The van der Waals surface area contributed by atoms with E-state index in [1.54, 1.807) is 18.5 Å². The first-order chi connectivity index (χ1) is 12.8. The van der Waals surface area contributed by atoms with Gasteiger partial charge in [0.25, 0.3) is 5.91 Å². The lowest BCUT2D eigenvalue weighted by Gasteiger charge is -2.45. The minimum atomic E-state index is -0.419. The molecule has 6 nitrogen and oxygen atoms in total. The van der Waals surface area contributed by atoms with E-state index in [1.807, 2.05) is 23.1 Å². The molecule has 2 aliphatic rings. The lowest BCUT2D eigenvalue weighted by atomic mass is 9.86. The maximum absolute atomic E-state index is 12.7. The van der Waals surface area contributed by atoms with Crippen molar-refractivity contribution in [1.29, 1.82) is 0 Å². The van der Waals surface area contributed by atoms with E-state index in [9.17, 15) is 4.79 Å². The molecule has 1 amide bonds. The molecule has 6 heteroatoms. The zero-order chi connectivity index (χ0) is 17.8. The number of benzene rings is 1. The number of aromatic nitrogens is 2. The van der Waals surface area contributed by atoms with Crippen LogP contribution in [0.25, 0.3) is 0 Å². The Morgan fingerprint density at radius 1 is 1.23 bits per heavy atom. The van der Waals surface area contributed by atoms with E-state index in [0.717, 1.165) is 31.4 Å². The van der Waals surface area contributed by atoms with Gasteiger partial charge in [-0.1, -0.05) is 30.3 Å². The summed E-state index contributed by atoms with van der Waals surface area (Å²) in [6, 6.07) is 11.9. The van der Waals surface area contributed by atoms with Crippen LogP contribution in [-0.2, 0) is 16.1 Å². The van der Waals surface area contributed by atoms with Gasteiger partial charge in [0.05, 0.1) is 19.3 Å². The Morgan fingerprint density at radius 3 is 2.77 bits per heavy atom. The molecule has 2 fully saturated rings. The molecule has 1 aromatic heterocycles. The minimum Gasteiger partial charge on any atom is -0.370 e. The fraction of sp³-hybridized carbons (Fsp3) is 0.450. The van der Waals surface area contributed by atoms with Crippen LogP contribution in [0, 0.1) is 0 Å². The van der Waals surface area contributed by atoms with Gasteiger partial charge in [-0.3, -0.25) is 4.79 Å². The highest BCUT2D eigenvalue weighted by molar-refractivity contribution is 5.90. The van der Waals surface area contributed by atoms with Gasteiger partial charge in [0, 0.05) is 25.5 Å². The zero-order valence-electron chi connectivity index (χ0n) is 14.7. The highest BCUT2D eigenvalue weighted by Gasteiger charge is 2.48. The Kier molecular flexibility index (Phi) is 4.95. The van der Waals surface area contributed by atoms with E-state index in [4.69, 9.17) is 9.47 Å². The van der Waals surface area contributed by atoms with Crippen molar-refractivity contribution in [3.8, 4) is 0 Å². The molecule has 2 atom stereocenters. The zero-order valence-corrected chi connectivity index (χ0v) is 14.7. The smallest absolute Gasteiger partial charge is 0.291 e. The molecule has 136 valence electrons. The molecule has 4 rings (SSSR count). The lowest BCUT2D eigenvalue weighted by Crippen LogP contribution is -2.58. The second kappa shape index (κ2) is 7.51. The van der Waals surface area contributed by atoms with Gasteiger partial charge in [0.2, 0.25) is 5.82 Å². The molecule has 26 heavy (non-hydrogen) atoms. The van der Waals surface area contributed by atoms with Crippen LogP contribution in [0.1, 0.15) is 35.4 Å². The number of carbonyl (C=O) groups is 1. The Bertz CT molecular complexity index is 732. The monoisotopic (exact) mass is 353 g/mol. The first-order valence-corrected chi connectivity index (χ1v) is 9.13. The summed E-state index contributed by atoms with van der Waals surface area (Å²) in [7, 11) is 0. The Morgan fingerprint density at radius 2 is 2.04 bits per heavy atom. The molecule has 1 spiro atoms. The van der Waals surface area contributed by atoms with Crippen LogP contribution < -0.4 is 0 Å². The third kappa shape index (κ3) is 3.48. The summed E-state index contributed by atoms with van der Waals surface area (Å²) >= 11 is 0. The normalized spacial score (nSPS) is 25.5. The quantitative estimate of drug-likeness (QED) is 0.845.